The van der Waals surface area contributed by atoms with Crippen LogP contribution in [0.5, 0.6) is 5.75 Å². The van der Waals surface area contributed by atoms with Gasteiger partial charge in [0.25, 0.3) is 0 Å². The second-order valence-corrected chi connectivity index (χ2v) is 7.43. The molecule has 1 unspecified atom stereocenters. The van der Waals surface area contributed by atoms with E-state index in [0.29, 0.717) is 19.1 Å². The second kappa shape index (κ2) is 7.74. The van der Waals surface area contributed by atoms with E-state index in [-0.39, 0.29) is 6.04 Å². The summed E-state index contributed by atoms with van der Waals surface area (Å²) in [5.41, 5.74) is 8.31. The molecule has 3 aromatic rings. The van der Waals surface area contributed by atoms with Gasteiger partial charge >= 0.3 is 0 Å². The molecule has 1 atom stereocenters. The van der Waals surface area contributed by atoms with Crippen LogP contribution in [0.1, 0.15) is 29.5 Å². The number of nitrogens with two attached hydrogens (primary N) is 1. The molecule has 6 heteroatoms. The minimum atomic E-state index is 0.160. The van der Waals surface area contributed by atoms with Crippen LogP contribution in [0.4, 0.5) is 0 Å². The predicted octanol–water partition coefficient (Wildman–Crippen LogP) is 3.66. The number of hydrogen-bond acceptors (Lipinski definition) is 4. The minimum Gasteiger partial charge on any atom is -0.493 e. The van der Waals surface area contributed by atoms with E-state index < -0.39 is 0 Å². The van der Waals surface area contributed by atoms with Crippen molar-refractivity contribution >= 4 is 27.5 Å². The van der Waals surface area contributed by atoms with Gasteiger partial charge in [-0.1, -0.05) is 30.3 Å². The largest absolute Gasteiger partial charge is 0.493 e. The van der Waals surface area contributed by atoms with Crippen molar-refractivity contribution in [3.63, 3.8) is 0 Å². The molecule has 3 N–H and O–H groups in total. The van der Waals surface area contributed by atoms with Crippen LogP contribution in [0, 0.1) is 0 Å². The lowest BCUT2D eigenvalue weighted by molar-refractivity contribution is 0.262. The molecule has 4 rings (SSSR count). The van der Waals surface area contributed by atoms with Gasteiger partial charge in [0.05, 0.1) is 27.9 Å². The van der Waals surface area contributed by atoms with E-state index in [1.807, 2.05) is 24.3 Å². The number of aromatic nitrogens is 1. The highest BCUT2D eigenvalue weighted by molar-refractivity contribution is 7.18. The van der Waals surface area contributed by atoms with E-state index in [1.165, 1.54) is 4.70 Å². The standard InChI is InChI=1S/C20H22N4OS/c21-20(24-15-11-13-25-17-8-3-1-6-14(15)17)22-12-5-10-19-23-16-7-2-4-9-18(16)26-19/h1-4,6-9,15H,5,10-13H2,(H3,21,22,24). The van der Waals surface area contributed by atoms with Gasteiger partial charge < -0.3 is 15.8 Å². The van der Waals surface area contributed by atoms with Crippen LogP contribution < -0.4 is 15.8 Å². The molecule has 0 radical (unpaired) electrons. The number of nitrogens with one attached hydrogen (secondary N) is 1. The van der Waals surface area contributed by atoms with Gasteiger partial charge in [-0.15, -0.1) is 11.3 Å². The molecule has 0 aliphatic carbocycles. The summed E-state index contributed by atoms with van der Waals surface area (Å²) in [4.78, 5) is 9.14. The average molecular weight is 366 g/mol. The van der Waals surface area contributed by atoms with Crippen molar-refractivity contribution < 1.29 is 4.74 Å². The Morgan fingerprint density at radius 1 is 1.23 bits per heavy atom. The highest BCUT2D eigenvalue weighted by Gasteiger charge is 2.21. The molecule has 2 aromatic carbocycles. The lowest BCUT2D eigenvalue weighted by Crippen LogP contribution is -2.37. The van der Waals surface area contributed by atoms with Gasteiger partial charge in [-0.3, -0.25) is 4.99 Å². The van der Waals surface area contributed by atoms with Crippen molar-refractivity contribution in [2.24, 2.45) is 10.7 Å². The van der Waals surface area contributed by atoms with E-state index in [0.717, 1.165) is 41.1 Å². The summed E-state index contributed by atoms with van der Waals surface area (Å²) in [6, 6.07) is 16.5. The Morgan fingerprint density at radius 2 is 2.08 bits per heavy atom. The van der Waals surface area contributed by atoms with Gasteiger partial charge in [-0.2, -0.15) is 0 Å². The minimum absolute atomic E-state index is 0.160. The van der Waals surface area contributed by atoms with Crippen LogP contribution in [-0.4, -0.2) is 24.1 Å². The SMILES string of the molecule is NC(=NCCCc1nc2ccccc2s1)NC1CCOc2ccccc21. The molecule has 0 fully saturated rings. The Bertz CT molecular complexity index is 888. The molecule has 1 aromatic heterocycles. The fraction of sp³-hybridized carbons (Fsp3) is 0.300. The maximum atomic E-state index is 6.09. The number of thiazole rings is 1. The van der Waals surface area contributed by atoms with E-state index >= 15 is 0 Å². The van der Waals surface area contributed by atoms with Crippen LogP contribution in [0.3, 0.4) is 0 Å². The summed E-state index contributed by atoms with van der Waals surface area (Å²) in [6.45, 7) is 1.39. The van der Waals surface area contributed by atoms with Gasteiger partial charge in [0.2, 0.25) is 0 Å². The lowest BCUT2D eigenvalue weighted by atomic mass is 10.0. The molecule has 0 spiro atoms. The zero-order valence-electron chi connectivity index (χ0n) is 14.5. The van der Waals surface area contributed by atoms with Crippen molar-refractivity contribution in [3.05, 3.63) is 59.1 Å². The Morgan fingerprint density at radius 3 is 3.00 bits per heavy atom. The van der Waals surface area contributed by atoms with Crippen LogP contribution in [0.25, 0.3) is 10.2 Å². The van der Waals surface area contributed by atoms with Crippen molar-refractivity contribution in [1.82, 2.24) is 10.3 Å². The highest BCUT2D eigenvalue weighted by Crippen LogP contribution is 2.31. The summed E-state index contributed by atoms with van der Waals surface area (Å²) in [5, 5.41) is 4.49. The van der Waals surface area contributed by atoms with Gasteiger partial charge in [-0.25, -0.2) is 4.98 Å². The van der Waals surface area contributed by atoms with E-state index in [2.05, 4.69) is 39.6 Å². The van der Waals surface area contributed by atoms with Gasteiger partial charge in [-0.05, 0) is 24.6 Å². The third-order valence-electron chi connectivity index (χ3n) is 4.45. The molecular formula is C20H22N4OS. The molecule has 1 aliphatic heterocycles. The Balaban J connectivity index is 1.30. The molecule has 2 heterocycles. The Labute approximate surface area is 156 Å². The zero-order chi connectivity index (χ0) is 17.8. The van der Waals surface area contributed by atoms with Crippen LogP contribution in [-0.2, 0) is 6.42 Å². The van der Waals surface area contributed by atoms with Crippen LogP contribution in [0.15, 0.2) is 53.5 Å². The van der Waals surface area contributed by atoms with Crippen LogP contribution in [0.2, 0.25) is 0 Å². The lowest BCUT2D eigenvalue weighted by Gasteiger charge is -2.26. The van der Waals surface area contributed by atoms with Gasteiger partial charge in [0, 0.05) is 24.9 Å². The van der Waals surface area contributed by atoms with E-state index in [9.17, 15) is 0 Å². The summed E-state index contributed by atoms with van der Waals surface area (Å²) < 4.78 is 6.92. The van der Waals surface area contributed by atoms with Crippen molar-refractivity contribution in [2.45, 2.75) is 25.3 Å². The number of para-hydroxylation sites is 2. The molecule has 0 bridgehead atoms. The summed E-state index contributed by atoms with van der Waals surface area (Å²) >= 11 is 1.76. The topological polar surface area (TPSA) is 72.5 Å². The Kier molecular flexibility index (Phi) is 5.02. The molecule has 26 heavy (non-hydrogen) atoms. The zero-order valence-corrected chi connectivity index (χ0v) is 15.3. The first-order valence-electron chi connectivity index (χ1n) is 8.92. The second-order valence-electron chi connectivity index (χ2n) is 6.32. The quantitative estimate of drug-likeness (QED) is 0.411. The fourth-order valence-corrected chi connectivity index (χ4v) is 4.18. The number of aliphatic imine (C=N–C) groups is 1. The fourth-order valence-electron chi connectivity index (χ4n) is 3.17. The molecule has 0 saturated carbocycles. The first-order valence-corrected chi connectivity index (χ1v) is 9.74. The number of hydrogen-bond donors (Lipinski definition) is 2. The number of nitrogens with zero attached hydrogens (tertiary/aromatic N) is 2. The maximum Gasteiger partial charge on any atom is 0.189 e. The molecule has 134 valence electrons. The number of fused-ring (bicyclic) bond motifs is 2. The van der Waals surface area contributed by atoms with Crippen molar-refractivity contribution in [2.75, 3.05) is 13.2 Å². The van der Waals surface area contributed by atoms with E-state index in [1.54, 1.807) is 11.3 Å². The van der Waals surface area contributed by atoms with E-state index in [4.69, 9.17) is 10.5 Å². The van der Waals surface area contributed by atoms with Gasteiger partial charge in [0.15, 0.2) is 5.96 Å². The predicted molar refractivity (Wildman–Crippen MR) is 107 cm³/mol. The average Bonchev–Trinajstić information content (AvgIpc) is 3.08. The first kappa shape index (κ1) is 16.8. The summed E-state index contributed by atoms with van der Waals surface area (Å²) in [7, 11) is 0. The summed E-state index contributed by atoms with van der Waals surface area (Å²) in [5.74, 6) is 1.43. The molecule has 1 aliphatic rings. The monoisotopic (exact) mass is 366 g/mol. The third kappa shape index (κ3) is 3.80. The summed E-state index contributed by atoms with van der Waals surface area (Å²) in [6.07, 6.45) is 2.75. The number of benzene rings is 2. The Hall–Kier alpha value is -2.60. The first-order chi connectivity index (χ1) is 12.8. The van der Waals surface area contributed by atoms with Crippen molar-refractivity contribution in [3.8, 4) is 5.75 Å². The molecular weight excluding hydrogens is 344 g/mol. The molecule has 5 nitrogen and oxygen atoms in total. The molecule has 0 saturated heterocycles. The smallest absolute Gasteiger partial charge is 0.189 e. The van der Waals surface area contributed by atoms with Crippen molar-refractivity contribution in [1.29, 1.82) is 0 Å². The van der Waals surface area contributed by atoms with Gasteiger partial charge in [0.1, 0.15) is 5.75 Å². The number of ether oxygens (including phenoxy) is 1. The number of guanidine groups is 1. The van der Waals surface area contributed by atoms with Crippen LogP contribution >= 0.6 is 11.3 Å². The molecule has 0 amide bonds. The number of aryl methyl sites for hydroxylation is 1. The highest BCUT2D eigenvalue weighted by atomic mass is 32.1. The number of rotatable bonds is 5. The maximum absolute atomic E-state index is 6.09. The normalized spacial score (nSPS) is 16.9. The third-order valence-corrected chi connectivity index (χ3v) is 5.55.